The largest absolute Gasteiger partial charge is 0.323 e. The molecule has 2 aromatic rings. The Morgan fingerprint density at radius 3 is 2.70 bits per heavy atom. The average molecular weight is 330 g/mol. The molecule has 0 saturated carbocycles. The molecule has 1 aliphatic heterocycles. The summed E-state index contributed by atoms with van der Waals surface area (Å²) in [5.74, 6) is -0.674. The zero-order chi connectivity index (χ0) is 16.8. The summed E-state index contributed by atoms with van der Waals surface area (Å²) < 4.78 is 0.472. The van der Waals surface area contributed by atoms with Crippen LogP contribution in [0.2, 0.25) is 0 Å². The minimum absolute atomic E-state index is 0.321. The predicted molar refractivity (Wildman–Crippen MR) is 90.6 cm³/mol. The molecule has 7 heteroatoms. The summed E-state index contributed by atoms with van der Waals surface area (Å²) in [6.07, 6.45) is 0. The fraction of sp³-hybridized carbons (Fsp3) is 0.312. The molecular formula is C16H18N4O2S. The van der Waals surface area contributed by atoms with Crippen LogP contribution < -0.4 is 10.6 Å². The van der Waals surface area contributed by atoms with Crippen molar-refractivity contribution in [3.05, 3.63) is 35.7 Å². The number of aromatic nitrogens is 2. The van der Waals surface area contributed by atoms with Gasteiger partial charge in [-0.3, -0.25) is 14.3 Å². The molecule has 0 bridgehead atoms. The van der Waals surface area contributed by atoms with Crippen LogP contribution >= 0.6 is 11.8 Å². The van der Waals surface area contributed by atoms with Gasteiger partial charge in [0.2, 0.25) is 11.8 Å². The van der Waals surface area contributed by atoms with Crippen molar-refractivity contribution in [3.63, 3.8) is 0 Å². The van der Waals surface area contributed by atoms with Crippen LogP contribution in [0.15, 0.2) is 29.2 Å². The number of amides is 2. The SMILES string of the molecule is Cc1nn(C)c(C)c1NC(=O)C1(C)Sc2ccccc2NC1=O. The van der Waals surface area contributed by atoms with Crippen molar-refractivity contribution in [1.82, 2.24) is 9.78 Å². The van der Waals surface area contributed by atoms with Gasteiger partial charge in [0, 0.05) is 11.9 Å². The van der Waals surface area contributed by atoms with E-state index < -0.39 is 4.75 Å². The number of hydrogen-bond acceptors (Lipinski definition) is 4. The van der Waals surface area contributed by atoms with Gasteiger partial charge in [-0.15, -0.1) is 0 Å². The van der Waals surface area contributed by atoms with Crippen LogP contribution in [0.4, 0.5) is 11.4 Å². The van der Waals surface area contributed by atoms with E-state index >= 15 is 0 Å². The number of carbonyl (C=O) groups excluding carboxylic acids is 2. The Hall–Kier alpha value is -2.28. The number of aryl methyl sites for hydroxylation is 2. The van der Waals surface area contributed by atoms with Crippen LogP contribution in [0.25, 0.3) is 0 Å². The van der Waals surface area contributed by atoms with Crippen LogP contribution in [0.1, 0.15) is 18.3 Å². The molecule has 23 heavy (non-hydrogen) atoms. The van der Waals surface area contributed by atoms with Crippen molar-refractivity contribution in [2.75, 3.05) is 10.6 Å². The van der Waals surface area contributed by atoms with Crippen molar-refractivity contribution in [2.24, 2.45) is 7.05 Å². The minimum Gasteiger partial charge on any atom is -0.323 e. The Morgan fingerprint density at radius 1 is 1.35 bits per heavy atom. The summed E-state index contributed by atoms with van der Waals surface area (Å²) >= 11 is 1.26. The second kappa shape index (κ2) is 5.42. The summed E-state index contributed by atoms with van der Waals surface area (Å²) in [4.78, 5) is 26.1. The van der Waals surface area contributed by atoms with E-state index in [0.717, 1.165) is 22.0 Å². The van der Waals surface area contributed by atoms with Gasteiger partial charge in [-0.2, -0.15) is 5.10 Å². The van der Waals surface area contributed by atoms with Crippen LogP contribution in [-0.4, -0.2) is 26.3 Å². The summed E-state index contributed by atoms with van der Waals surface area (Å²) in [5.41, 5.74) is 2.97. The number of nitrogens with one attached hydrogen (secondary N) is 2. The number of anilines is 2. The molecule has 1 atom stereocenters. The van der Waals surface area contributed by atoms with Crippen molar-refractivity contribution >= 4 is 35.0 Å². The van der Waals surface area contributed by atoms with Gasteiger partial charge in [0.15, 0.2) is 4.75 Å². The van der Waals surface area contributed by atoms with Crippen LogP contribution in [-0.2, 0) is 16.6 Å². The highest BCUT2D eigenvalue weighted by Crippen LogP contribution is 2.42. The molecule has 0 radical (unpaired) electrons. The normalized spacial score (nSPS) is 19.9. The lowest BCUT2D eigenvalue weighted by Crippen LogP contribution is -2.49. The van der Waals surface area contributed by atoms with Crippen molar-refractivity contribution in [1.29, 1.82) is 0 Å². The Balaban J connectivity index is 1.91. The molecule has 120 valence electrons. The molecule has 6 nitrogen and oxygen atoms in total. The highest BCUT2D eigenvalue weighted by molar-refractivity contribution is 8.02. The molecule has 0 spiro atoms. The molecule has 0 fully saturated rings. The third kappa shape index (κ3) is 2.50. The van der Waals surface area contributed by atoms with Gasteiger partial charge < -0.3 is 10.6 Å². The minimum atomic E-state index is -1.23. The summed E-state index contributed by atoms with van der Waals surface area (Å²) in [5, 5.41) is 9.96. The van der Waals surface area contributed by atoms with E-state index in [4.69, 9.17) is 0 Å². The topological polar surface area (TPSA) is 76.0 Å². The zero-order valence-electron chi connectivity index (χ0n) is 13.4. The first-order chi connectivity index (χ1) is 10.8. The average Bonchev–Trinajstić information content (AvgIpc) is 2.74. The lowest BCUT2D eigenvalue weighted by Gasteiger charge is -2.31. The molecule has 0 aliphatic carbocycles. The van der Waals surface area contributed by atoms with Crippen LogP contribution in [0.3, 0.4) is 0 Å². The second-order valence-electron chi connectivity index (χ2n) is 5.71. The molecule has 1 unspecified atom stereocenters. The maximum Gasteiger partial charge on any atom is 0.250 e. The molecule has 3 rings (SSSR count). The van der Waals surface area contributed by atoms with Gasteiger partial charge >= 0.3 is 0 Å². The van der Waals surface area contributed by atoms with E-state index in [0.29, 0.717) is 5.69 Å². The Labute approximate surface area is 138 Å². The molecule has 2 N–H and O–H groups in total. The number of thioether (sulfide) groups is 1. The number of hydrogen-bond donors (Lipinski definition) is 2. The first kappa shape index (κ1) is 15.6. The van der Waals surface area contributed by atoms with Crippen molar-refractivity contribution in [2.45, 2.75) is 30.4 Å². The standard InChI is InChI=1S/C16H18N4O2S/c1-9-13(10(2)20(4)19-9)18-15(22)16(3)14(21)17-11-7-5-6-8-12(11)23-16/h5-8H,1-4H3,(H,17,21)(H,18,22). The molecular weight excluding hydrogens is 312 g/mol. The van der Waals surface area contributed by atoms with E-state index in [9.17, 15) is 9.59 Å². The monoisotopic (exact) mass is 330 g/mol. The van der Waals surface area contributed by atoms with Crippen molar-refractivity contribution in [3.8, 4) is 0 Å². The van der Waals surface area contributed by atoms with Gasteiger partial charge in [-0.05, 0) is 32.9 Å². The number of fused-ring (bicyclic) bond motifs is 1. The van der Waals surface area contributed by atoms with Gasteiger partial charge in [-0.25, -0.2) is 0 Å². The second-order valence-corrected chi connectivity index (χ2v) is 7.17. The number of para-hydroxylation sites is 1. The van der Waals surface area contributed by atoms with E-state index in [1.807, 2.05) is 45.2 Å². The van der Waals surface area contributed by atoms with Crippen LogP contribution in [0, 0.1) is 13.8 Å². The maximum absolute atomic E-state index is 12.8. The Bertz CT molecular complexity index is 814. The third-order valence-electron chi connectivity index (χ3n) is 4.06. The Morgan fingerprint density at radius 2 is 2.04 bits per heavy atom. The number of rotatable bonds is 2. The molecule has 2 heterocycles. The number of carbonyl (C=O) groups is 2. The molecule has 1 aromatic carbocycles. The number of benzene rings is 1. The molecule has 1 aliphatic rings. The molecule has 1 aromatic heterocycles. The van der Waals surface area contributed by atoms with E-state index in [1.54, 1.807) is 11.6 Å². The van der Waals surface area contributed by atoms with E-state index in [-0.39, 0.29) is 11.8 Å². The highest BCUT2D eigenvalue weighted by atomic mass is 32.2. The number of nitrogens with zero attached hydrogens (tertiary/aromatic N) is 2. The van der Waals surface area contributed by atoms with Gasteiger partial charge in [0.05, 0.1) is 22.8 Å². The lowest BCUT2D eigenvalue weighted by atomic mass is 10.1. The maximum atomic E-state index is 12.8. The fourth-order valence-electron chi connectivity index (χ4n) is 2.50. The quantitative estimate of drug-likeness (QED) is 0.830. The molecule has 0 saturated heterocycles. The van der Waals surface area contributed by atoms with E-state index in [1.165, 1.54) is 11.8 Å². The van der Waals surface area contributed by atoms with Gasteiger partial charge in [-0.1, -0.05) is 23.9 Å². The summed E-state index contributed by atoms with van der Waals surface area (Å²) in [6, 6.07) is 7.46. The predicted octanol–water partition coefficient (Wildman–Crippen LogP) is 2.48. The fourth-order valence-corrected chi connectivity index (χ4v) is 3.61. The lowest BCUT2D eigenvalue weighted by molar-refractivity contribution is -0.126. The van der Waals surface area contributed by atoms with E-state index in [2.05, 4.69) is 15.7 Å². The molecule has 2 amide bonds. The van der Waals surface area contributed by atoms with Crippen molar-refractivity contribution < 1.29 is 9.59 Å². The first-order valence-electron chi connectivity index (χ1n) is 7.24. The van der Waals surface area contributed by atoms with Gasteiger partial charge in [0.25, 0.3) is 0 Å². The summed E-state index contributed by atoms with van der Waals surface area (Å²) in [7, 11) is 1.82. The summed E-state index contributed by atoms with van der Waals surface area (Å²) in [6.45, 7) is 5.34. The third-order valence-corrected chi connectivity index (χ3v) is 5.42. The first-order valence-corrected chi connectivity index (χ1v) is 8.05. The van der Waals surface area contributed by atoms with Gasteiger partial charge in [0.1, 0.15) is 0 Å². The van der Waals surface area contributed by atoms with Crippen LogP contribution in [0.5, 0.6) is 0 Å². The zero-order valence-corrected chi connectivity index (χ0v) is 14.2. The highest BCUT2D eigenvalue weighted by Gasteiger charge is 2.46. The Kier molecular flexibility index (Phi) is 3.68. The smallest absolute Gasteiger partial charge is 0.250 e.